The largest absolute Gasteiger partial charge is 0.335 e. The predicted octanol–water partition coefficient (Wildman–Crippen LogP) is 2.65. The minimum Gasteiger partial charge on any atom is -0.335 e. The Balaban J connectivity index is 1.59. The average Bonchev–Trinajstić information content (AvgIpc) is 2.98. The second kappa shape index (κ2) is 7.32. The number of amides is 1. The number of carbonyl (C=O) groups excluding carboxylic acids is 1. The lowest BCUT2D eigenvalue weighted by atomic mass is 10.2. The number of hydrogen-bond acceptors (Lipinski definition) is 3. The van der Waals surface area contributed by atoms with Crippen LogP contribution in [-0.2, 0) is 13.1 Å². The minimum absolute atomic E-state index is 0.141. The molecule has 0 atom stereocenters. The topological polar surface area (TPSA) is 41.4 Å². The minimum atomic E-state index is -0.187. The molecule has 1 aliphatic rings. The molecule has 1 aromatic carbocycles. The second-order valence-electron chi connectivity index (χ2n) is 5.84. The van der Waals surface area contributed by atoms with Gasteiger partial charge in [0, 0.05) is 51.0 Å². The van der Waals surface area contributed by atoms with Gasteiger partial charge in [0.1, 0.15) is 5.82 Å². The van der Waals surface area contributed by atoms with Crippen LogP contribution in [-0.4, -0.2) is 51.7 Å². The highest BCUT2D eigenvalue weighted by molar-refractivity contribution is 6.33. The fourth-order valence-corrected chi connectivity index (χ4v) is 3.06. The molecule has 1 saturated heterocycles. The lowest BCUT2D eigenvalue weighted by Crippen LogP contribution is -2.48. The first-order valence-electron chi connectivity index (χ1n) is 8.06. The molecule has 0 aliphatic carbocycles. The fourth-order valence-electron chi connectivity index (χ4n) is 2.83. The molecule has 1 amide bonds. The van der Waals surface area contributed by atoms with E-state index in [1.54, 1.807) is 27.9 Å². The van der Waals surface area contributed by atoms with Crippen LogP contribution in [0.3, 0.4) is 0 Å². The Morgan fingerprint density at radius 2 is 1.96 bits per heavy atom. The summed E-state index contributed by atoms with van der Waals surface area (Å²) in [5.41, 5.74) is 0.989. The third-order valence-corrected chi connectivity index (χ3v) is 4.53. The van der Waals surface area contributed by atoms with Gasteiger partial charge in [-0.25, -0.2) is 4.39 Å². The molecule has 0 unspecified atom stereocenters. The summed E-state index contributed by atoms with van der Waals surface area (Å²) in [5, 5.41) is 4.62. The number of rotatable bonds is 4. The summed E-state index contributed by atoms with van der Waals surface area (Å²) in [6.07, 6.45) is 1.67. The van der Waals surface area contributed by atoms with E-state index >= 15 is 0 Å². The summed E-state index contributed by atoms with van der Waals surface area (Å²) >= 11 is 6.11. The van der Waals surface area contributed by atoms with Crippen molar-refractivity contribution in [3.05, 3.63) is 52.6 Å². The van der Waals surface area contributed by atoms with Crippen molar-refractivity contribution in [1.29, 1.82) is 0 Å². The molecule has 1 fully saturated rings. The third-order valence-electron chi connectivity index (χ3n) is 4.25. The monoisotopic (exact) mass is 350 g/mol. The van der Waals surface area contributed by atoms with Crippen LogP contribution in [0.4, 0.5) is 4.39 Å². The molecule has 3 rings (SSSR count). The summed E-state index contributed by atoms with van der Waals surface area (Å²) in [6.45, 7) is 5.74. The Morgan fingerprint density at radius 1 is 1.25 bits per heavy atom. The Kier molecular flexibility index (Phi) is 5.16. The van der Waals surface area contributed by atoms with Crippen molar-refractivity contribution < 1.29 is 9.18 Å². The van der Waals surface area contributed by atoms with Crippen molar-refractivity contribution >= 4 is 17.5 Å². The summed E-state index contributed by atoms with van der Waals surface area (Å²) < 4.78 is 15.4. The molecule has 2 aromatic rings. The Labute approximate surface area is 145 Å². The molecule has 0 spiro atoms. The van der Waals surface area contributed by atoms with Crippen molar-refractivity contribution in [2.45, 2.75) is 20.0 Å². The van der Waals surface area contributed by atoms with Crippen LogP contribution >= 0.6 is 11.6 Å². The molecule has 7 heteroatoms. The average molecular weight is 351 g/mol. The van der Waals surface area contributed by atoms with E-state index in [2.05, 4.69) is 10.00 Å². The first kappa shape index (κ1) is 16.9. The highest BCUT2D eigenvalue weighted by Crippen LogP contribution is 2.18. The van der Waals surface area contributed by atoms with Crippen LogP contribution in [0.15, 0.2) is 30.5 Å². The van der Waals surface area contributed by atoms with Crippen LogP contribution in [0.2, 0.25) is 5.02 Å². The Hall–Kier alpha value is -1.92. The number of benzene rings is 1. The van der Waals surface area contributed by atoms with Crippen molar-refractivity contribution in [3.63, 3.8) is 0 Å². The van der Waals surface area contributed by atoms with Gasteiger partial charge >= 0.3 is 0 Å². The summed E-state index contributed by atoms with van der Waals surface area (Å²) in [6, 6.07) is 6.80. The molecule has 0 saturated carbocycles. The molecule has 2 heterocycles. The molecular formula is C17H20ClFN4O. The van der Waals surface area contributed by atoms with E-state index in [1.807, 2.05) is 13.0 Å². The number of hydrogen-bond donors (Lipinski definition) is 0. The molecule has 24 heavy (non-hydrogen) atoms. The maximum atomic E-state index is 13.7. The number of aromatic nitrogens is 2. The molecule has 0 radical (unpaired) electrons. The zero-order valence-electron chi connectivity index (χ0n) is 13.6. The van der Waals surface area contributed by atoms with Gasteiger partial charge in [0.25, 0.3) is 5.91 Å². The second-order valence-corrected chi connectivity index (χ2v) is 6.25. The van der Waals surface area contributed by atoms with Crippen molar-refractivity contribution in [2.75, 3.05) is 26.2 Å². The van der Waals surface area contributed by atoms with Crippen molar-refractivity contribution in [3.8, 4) is 0 Å². The van der Waals surface area contributed by atoms with Gasteiger partial charge in [-0.2, -0.15) is 5.10 Å². The standard InChI is InChI=1S/C17H20ClFN4O/c1-2-23-12-14(18)16(20-23)17(24)22-9-7-21(8-10-22)11-13-5-3-4-6-15(13)19/h3-6,12H,2,7-11H2,1H3. The van der Waals surface area contributed by atoms with Crippen LogP contribution in [0.1, 0.15) is 23.0 Å². The van der Waals surface area contributed by atoms with Gasteiger partial charge in [0.2, 0.25) is 0 Å². The van der Waals surface area contributed by atoms with E-state index < -0.39 is 0 Å². The van der Waals surface area contributed by atoms with Gasteiger partial charge in [-0.1, -0.05) is 29.8 Å². The number of nitrogens with zero attached hydrogens (tertiary/aromatic N) is 4. The third kappa shape index (κ3) is 3.60. The highest BCUT2D eigenvalue weighted by atomic mass is 35.5. The molecule has 128 valence electrons. The van der Waals surface area contributed by atoms with E-state index in [1.165, 1.54) is 6.07 Å². The maximum Gasteiger partial charge on any atom is 0.276 e. The maximum absolute atomic E-state index is 13.7. The number of piperazine rings is 1. The van der Waals surface area contributed by atoms with Gasteiger partial charge in [-0.3, -0.25) is 14.4 Å². The Bertz CT molecular complexity index is 725. The van der Waals surface area contributed by atoms with Gasteiger partial charge in [0.05, 0.1) is 5.02 Å². The van der Waals surface area contributed by atoms with E-state index in [0.717, 1.165) is 0 Å². The van der Waals surface area contributed by atoms with Gasteiger partial charge in [-0.05, 0) is 13.0 Å². The molecular weight excluding hydrogens is 331 g/mol. The van der Waals surface area contributed by atoms with E-state index in [0.29, 0.717) is 55.5 Å². The summed E-state index contributed by atoms with van der Waals surface area (Å²) in [7, 11) is 0. The van der Waals surface area contributed by atoms with Crippen LogP contribution < -0.4 is 0 Å². The van der Waals surface area contributed by atoms with Crippen molar-refractivity contribution in [2.24, 2.45) is 0 Å². The first-order chi connectivity index (χ1) is 11.6. The molecule has 0 N–H and O–H groups in total. The molecule has 1 aliphatic heterocycles. The van der Waals surface area contributed by atoms with Crippen molar-refractivity contribution in [1.82, 2.24) is 19.6 Å². The number of carbonyl (C=O) groups is 1. The zero-order chi connectivity index (χ0) is 17.1. The van der Waals surface area contributed by atoms with E-state index in [-0.39, 0.29) is 11.7 Å². The number of halogens is 2. The van der Waals surface area contributed by atoms with Gasteiger partial charge < -0.3 is 4.90 Å². The zero-order valence-corrected chi connectivity index (χ0v) is 14.3. The first-order valence-corrected chi connectivity index (χ1v) is 8.44. The van der Waals surface area contributed by atoms with Crippen LogP contribution in [0, 0.1) is 5.82 Å². The lowest BCUT2D eigenvalue weighted by molar-refractivity contribution is 0.0620. The van der Waals surface area contributed by atoms with E-state index in [9.17, 15) is 9.18 Å². The summed E-state index contributed by atoms with van der Waals surface area (Å²) in [5.74, 6) is -0.328. The van der Waals surface area contributed by atoms with Crippen LogP contribution in [0.5, 0.6) is 0 Å². The molecule has 0 bridgehead atoms. The lowest BCUT2D eigenvalue weighted by Gasteiger charge is -2.34. The molecule has 5 nitrogen and oxygen atoms in total. The predicted molar refractivity (Wildman–Crippen MR) is 90.5 cm³/mol. The smallest absolute Gasteiger partial charge is 0.276 e. The summed E-state index contributed by atoms with van der Waals surface area (Å²) in [4.78, 5) is 16.5. The van der Waals surface area contributed by atoms with Crippen LogP contribution in [0.25, 0.3) is 0 Å². The highest BCUT2D eigenvalue weighted by Gasteiger charge is 2.26. The van der Waals surface area contributed by atoms with Gasteiger partial charge in [0.15, 0.2) is 5.69 Å². The molecule has 1 aromatic heterocycles. The van der Waals surface area contributed by atoms with Gasteiger partial charge in [-0.15, -0.1) is 0 Å². The normalized spacial score (nSPS) is 15.7. The fraction of sp³-hybridized carbons (Fsp3) is 0.412. The quantitative estimate of drug-likeness (QED) is 0.851. The Morgan fingerprint density at radius 3 is 2.58 bits per heavy atom. The SMILES string of the molecule is CCn1cc(Cl)c(C(=O)N2CCN(Cc3ccccc3F)CC2)n1. The van der Waals surface area contributed by atoms with E-state index in [4.69, 9.17) is 11.6 Å². The number of aryl methyl sites for hydroxylation is 1.